The van der Waals surface area contributed by atoms with Crippen LogP contribution < -0.4 is 0 Å². The molecule has 0 atom stereocenters. The number of aliphatic carboxylic acids is 1. The first-order valence-corrected chi connectivity index (χ1v) is 17.7. The van der Waals surface area contributed by atoms with E-state index in [4.69, 9.17) is 25.2 Å². The number of ether oxygens (including phenoxy) is 1. The number of aliphatic hydroxyl groups excluding tert-OH is 3. The first-order chi connectivity index (χ1) is 20.4. The highest BCUT2D eigenvalue weighted by Crippen LogP contribution is 2.14. The van der Waals surface area contributed by atoms with E-state index >= 15 is 0 Å². The topological polar surface area (TPSA) is 124 Å². The highest BCUT2D eigenvalue weighted by Gasteiger charge is 2.00. The van der Waals surface area contributed by atoms with Crippen LogP contribution in [-0.2, 0) is 14.3 Å². The summed E-state index contributed by atoms with van der Waals surface area (Å²) >= 11 is 0. The van der Waals surface area contributed by atoms with Crippen LogP contribution >= 0.6 is 0 Å². The molecule has 0 aliphatic heterocycles. The number of hydrogen-bond acceptors (Lipinski definition) is 6. The second-order valence-electron chi connectivity index (χ2n) is 11.5. The Kier molecular flexibility index (Phi) is 45.2. The zero-order valence-corrected chi connectivity index (χ0v) is 28.1. The van der Waals surface area contributed by atoms with E-state index in [2.05, 4.69) is 13.8 Å². The third kappa shape index (κ3) is 48.5. The van der Waals surface area contributed by atoms with Gasteiger partial charge < -0.3 is 25.2 Å². The Morgan fingerprint density at radius 2 is 0.786 bits per heavy atom. The van der Waals surface area contributed by atoms with Crippen molar-refractivity contribution in [2.75, 3.05) is 19.8 Å². The fourth-order valence-electron chi connectivity index (χ4n) is 4.52. The van der Waals surface area contributed by atoms with Gasteiger partial charge in [0.2, 0.25) is 0 Å². The zero-order valence-electron chi connectivity index (χ0n) is 28.1. The van der Waals surface area contributed by atoms with E-state index in [1.165, 1.54) is 135 Å². The number of rotatable bonds is 29. The van der Waals surface area contributed by atoms with Gasteiger partial charge >= 0.3 is 11.9 Å². The second kappa shape index (κ2) is 42.0. The Labute approximate surface area is 260 Å². The van der Waals surface area contributed by atoms with Gasteiger partial charge in [-0.1, -0.05) is 155 Å². The highest BCUT2D eigenvalue weighted by atomic mass is 16.5. The molecule has 0 amide bonds. The molecule has 4 N–H and O–H groups in total. The Bertz CT molecular complexity index is 510. The third-order valence-electron chi connectivity index (χ3n) is 7.21. The van der Waals surface area contributed by atoms with E-state index in [9.17, 15) is 9.59 Å². The third-order valence-corrected chi connectivity index (χ3v) is 7.21. The van der Waals surface area contributed by atoms with Gasteiger partial charge in [-0.05, 0) is 19.8 Å². The summed E-state index contributed by atoms with van der Waals surface area (Å²) in [5, 5.41) is 32.5. The summed E-state index contributed by atoms with van der Waals surface area (Å²) in [5.74, 6) is -0.690. The SMILES string of the molecule is CCCCCCCCCCCC(=O)OCC.CCCCCCCCCCCCCCCCCC(=O)O.OCC(O)CO. The van der Waals surface area contributed by atoms with Gasteiger partial charge in [0.25, 0.3) is 0 Å². The first kappa shape index (κ1) is 45.3. The molecule has 0 rings (SSSR count). The van der Waals surface area contributed by atoms with Crippen molar-refractivity contribution in [3.8, 4) is 0 Å². The van der Waals surface area contributed by atoms with Gasteiger partial charge in [0.15, 0.2) is 0 Å². The van der Waals surface area contributed by atoms with Crippen molar-refractivity contribution in [3.05, 3.63) is 0 Å². The van der Waals surface area contributed by atoms with Gasteiger partial charge in [-0.15, -0.1) is 0 Å². The minimum Gasteiger partial charge on any atom is -0.481 e. The summed E-state index contributed by atoms with van der Waals surface area (Å²) in [4.78, 5) is 21.4. The number of carbonyl (C=O) groups is 2. The average molecular weight is 605 g/mol. The molecule has 0 aliphatic carbocycles. The van der Waals surface area contributed by atoms with Crippen molar-refractivity contribution < 1.29 is 34.8 Å². The smallest absolute Gasteiger partial charge is 0.305 e. The lowest BCUT2D eigenvalue weighted by atomic mass is 10.0. The fraction of sp³-hybridized carbons (Fsp3) is 0.943. The van der Waals surface area contributed by atoms with Crippen LogP contribution in [0.5, 0.6) is 0 Å². The van der Waals surface area contributed by atoms with Crippen molar-refractivity contribution in [3.63, 3.8) is 0 Å². The van der Waals surface area contributed by atoms with Gasteiger partial charge in [0, 0.05) is 12.8 Å². The van der Waals surface area contributed by atoms with E-state index in [0.29, 0.717) is 19.4 Å². The van der Waals surface area contributed by atoms with Crippen molar-refractivity contribution in [1.29, 1.82) is 0 Å². The minimum atomic E-state index is -0.954. The van der Waals surface area contributed by atoms with Gasteiger partial charge in [-0.25, -0.2) is 0 Å². The maximum absolute atomic E-state index is 11.0. The van der Waals surface area contributed by atoms with Gasteiger partial charge in [0.1, 0.15) is 6.10 Å². The molecular formula is C35H72O7. The number of hydrogen-bond donors (Lipinski definition) is 4. The molecular weight excluding hydrogens is 532 g/mol. The van der Waals surface area contributed by atoms with Crippen LogP contribution in [0.3, 0.4) is 0 Å². The lowest BCUT2D eigenvalue weighted by Gasteiger charge is -2.03. The van der Waals surface area contributed by atoms with Gasteiger partial charge in [-0.2, -0.15) is 0 Å². The fourth-order valence-corrected chi connectivity index (χ4v) is 4.52. The van der Waals surface area contributed by atoms with Crippen molar-refractivity contribution in [2.24, 2.45) is 0 Å². The second-order valence-corrected chi connectivity index (χ2v) is 11.5. The standard InChI is InChI=1S/C18H36O2.C14H28O2.C3H8O3/c1-2-3-4-5-6-7-8-9-10-11-12-13-14-15-16-17-18(19)20;1-3-5-6-7-8-9-10-11-12-13-14(15)16-4-2;4-1-3(6)2-5/h2-17H2,1H3,(H,19,20);3-13H2,1-2H3;3-6H,1-2H2. The number of aliphatic hydroxyl groups is 3. The Balaban J connectivity index is -0.000000616. The van der Waals surface area contributed by atoms with E-state index in [1.807, 2.05) is 6.92 Å². The van der Waals surface area contributed by atoms with Crippen molar-refractivity contribution >= 4 is 11.9 Å². The minimum absolute atomic E-state index is 0.0366. The van der Waals surface area contributed by atoms with Crippen molar-refractivity contribution in [1.82, 2.24) is 0 Å². The van der Waals surface area contributed by atoms with Crippen LogP contribution in [0.4, 0.5) is 0 Å². The predicted octanol–water partition coefficient (Wildman–Crippen LogP) is 9.13. The summed E-state index contributed by atoms with van der Waals surface area (Å²) in [5.41, 5.74) is 0. The number of unbranched alkanes of at least 4 members (excludes halogenated alkanes) is 22. The van der Waals surface area contributed by atoms with Gasteiger partial charge in [-0.3, -0.25) is 9.59 Å². The lowest BCUT2D eigenvalue weighted by Crippen LogP contribution is -2.15. The van der Waals surface area contributed by atoms with Crippen molar-refractivity contribution in [2.45, 2.75) is 194 Å². The maximum Gasteiger partial charge on any atom is 0.305 e. The monoisotopic (exact) mass is 605 g/mol. The predicted molar refractivity (Wildman–Crippen MR) is 176 cm³/mol. The highest BCUT2D eigenvalue weighted by molar-refractivity contribution is 5.69. The summed E-state index contributed by atoms with van der Waals surface area (Å²) in [6.07, 6.45) is 31.4. The first-order valence-electron chi connectivity index (χ1n) is 17.7. The zero-order chi connectivity index (χ0) is 31.9. The normalized spacial score (nSPS) is 10.5. The Hall–Kier alpha value is -1.18. The molecule has 0 fully saturated rings. The van der Waals surface area contributed by atoms with E-state index in [0.717, 1.165) is 19.3 Å². The van der Waals surface area contributed by atoms with Crippen LogP contribution in [0.25, 0.3) is 0 Å². The molecule has 7 heteroatoms. The molecule has 0 aromatic carbocycles. The van der Waals surface area contributed by atoms with E-state index in [1.54, 1.807) is 0 Å². The molecule has 0 radical (unpaired) electrons. The van der Waals surface area contributed by atoms with Crippen LogP contribution in [-0.4, -0.2) is 58.3 Å². The van der Waals surface area contributed by atoms with Crippen LogP contribution in [0.2, 0.25) is 0 Å². The number of carboxylic acid groups (broad SMARTS) is 1. The van der Waals surface area contributed by atoms with Crippen LogP contribution in [0.1, 0.15) is 188 Å². The van der Waals surface area contributed by atoms with E-state index in [-0.39, 0.29) is 19.2 Å². The molecule has 0 spiro atoms. The van der Waals surface area contributed by atoms with Crippen LogP contribution in [0, 0.1) is 0 Å². The molecule has 0 bridgehead atoms. The lowest BCUT2D eigenvalue weighted by molar-refractivity contribution is -0.143. The molecule has 0 saturated carbocycles. The molecule has 0 aromatic heterocycles. The molecule has 0 unspecified atom stereocenters. The number of carbonyl (C=O) groups excluding carboxylic acids is 1. The molecule has 254 valence electrons. The molecule has 0 heterocycles. The molecule has 0 aromatic rings. The summed E-state index contributed by atoms with van der Waals surface area (Å²) in [6, 6.07) is 0. The Morgan fingerprint density at radius 1 is 0.500 bits per heavy atom. The van der Waals surface area contributed by atoms with Gasteiger partial charge in [0.05, 0.1) is 19.8 Å². The number of carboxylic acids is 1. The molecule has 0 saturated heterocycles. The summed E-state index contributed by atoms with van der Waals surface area (Å²) < 4.78 is 4.87. The Morgan fingerprint density at radius 3 is 1.02 bits per heavy atom. The molecule has 42 heavy (non-hydrogen) atoms. The summed E-state index contributed by atoms with van der Waals surface area (Å²) in [7, 11) is 0. The molecule has 0 aliphatic rings. The summed E-state index contributed by atoms with van der Waals surface area (Å²) in [6.45, 7) is 6.15. The quantitative estimate of drug-likeness (QED) is 0.0495. The van der Waals surface area contributed by atoms with E-state index < -0.39 is 12.1 Å². The molecule has 7 nitrogen and oxygen atoms in total. The van der Waals surface area contributed by atoms with Crippen LogP contribution in [0.15, 0.2) is 0 Å². The number of esters is 1. The largest absolute Gasteiger partial charge is 0.481 e. The average Bonchev–Trinajstić information content (AvgIpc) is 2.98. The maximum atomic E-state index is 11.0.